The smallest absolute Gasteiger partial charge is 0.0746 e. The Morgan fingerprint density at radius 3 is 2.15 bits per heavy atom. The van der Waals surface area contributed by atoms with Gasteiger partial charge in [0.25, 0.3) is 0 Å². The zero-order valence-electron chi connectivity index (χ0n) is 9.98. The van der Waals surface area contributed by atoms with Crippen LogP contribution < -0.4 is 5.32 Å². The number of rotatable bonds is 6. The van der Waals surface area contributed by atoms with Crippen LogP contribution in [0.5, 0.6) is 0 Å². The minimum absolute atomic E-state index is 0.0533. The normalized spacial score (nSPS) is 15.0. The fourth-order valence-electron chi connectivity index (χ4n) is 1.30. The summed E-state index contributed by atoms with van der Waals surface area (Å²) in [6, 6.07) is 0.606. The van der Waals surface area contributed by atoms with Gasteiger partial charge < -0.3 is 10.1 Å². The van der Waals surface area contributed by atoms with Crippen LogP contribution >= 0.6 is 0 Å². The summed E-state index contributed by atoms with van der Waals surface area (Å²) in [7, 11) is 1.76. The first-order valence-electron chi connectivity index (χ1n) is 5.21. The summed E-state index contributed by atoms with van der Waals surface area (Å²) in [4.78, 5) is 0. The van der Waals surface area contributed by atoms with Crippen molar-refractivity contribution >= 4 is 0 Å². The van der Waals surface area contributed by atoms with Crippen molar-refractivity contribution in [2.45, 2.75) is 52.7 Å². The second-order valence-electron chi connectivity index (χ2n) is 4.60. The molecule has 0 fully saturated rings. The molecule has 0 aromatic rings. The van der Waals surface area contributed by atoms with Gasteiger partial charge in [0, 0.05) is 19.7 Å². The van der Waals surface area contributed by atoms with Crippen LogP contribution in [0.3, 0.4) is 0 Å². The first-order valence-corrected chi connectivity index (χ1v) is 5.21. The van der Waals surface area contributed by atoms with Crippen molar-refractivity contribution in [2.24, 2.45) is 5.92 Å². The molecule has 0 amide bonds. The van der Waals surface area contributed by atoms with Gasteiger partial charge >= 0.3 is 0 Å². The van der Waals surface area contributed by atoms with Crippen molar-refractivity contribution in [3.63, 3.8) is 0 Å². The van der Waals surface area contributed by atoms with E-state index in [1.54, 1.807) is 7.11 Å². The van der Waals surface area contributed by atoms with Gasteiger partial charge in [-0.2, -0.15) is 0 Å². The number of hydrogen-bond acceptors (Lipinski definition) is 2. The van der Waals surface area contributed by atoms with Crippen LogP contribution in [0.15, 0.2) is 0 Å². The highest BCUT2D eigenvalue weighted by atomic mass is 16.5. The molecular formula is C11H25NO. The van der Waals surface area contributed by atoms with E-state index in [0.717, 1.165) is 6.54 Å². The molecule has 0 bridgehead atoms. The van der Waals surface area contributed by atoms with Crippen LogP contribution in [0.1, 0.15) is 41.0 Å². The lowest BCUT2D eigenvalue weighted by Gasteiger charge is -2.28. The lowest BCUT2D eigenvalue weighted by Crippen LogP contribution is -2.43. The zero-order valence-corrected chi connectivity index (χ0v) is 9.98. The molecule has 1 atom stereocenters. The highest BCUT2D eigenvalue weighted by Gasteiger charge is 2.19. The molecule has 0 heterocycles. The third-order valence-corrected chi connectivity index (χ3v) is 2.59. The predicted molar refractivity (Wildman–Crippen MR) is 58.0 cm³/mol. The quantitative estimate of drug-likeness (QED) is 0.689. The summed E-state index contributed by atoms with van der Waals surface area (Å²) in [5, 5.41) is 3.54. The molecule has 0 aromatic carbocycles. The van der Waals surface area contributed by atoms with Gasteiger partial charge in [0.15, 0.2) is 0 Å². The van der Waals surface area contributed by atoms with Crippen LogP contribution in [-0.2, 0) is 4.74 Å². The largest absolute Gasteiger partial charge is 0.377 e. The van der Waals surface area contributed by atoms with Crippen molar-refractivity contribution in [3.8, 4) is 0 Å². The van der Waals surface area contributed by atoms with Gasteiger partial charge in [-0.05, 0) is 26.2 Å². The molecule has 1 unspecified atom stereocenters. The highest BCUT2D eigenvalue weighted by molar-refractivity contribution is 4.76. The first kappa shape index (κ1) is 12.9. The average molecular weight is 187 g/mol. The molecule has 0 aliphatic heterocycles. The Bertz CT molecular complexity index is 132. The number of hydrogen-bond donors (Lipinski definition) is 1. The summed E-state index contributed by atoms with van der Waals surface area (Å²) in [6.45, 7) is 11.8. The molecule has 13 heavy (non-hydrogen) atoms. The summed E-state index contributed by atoms with van der Waals surface area (Å²) >= 11 is 0. The number of nitrogens with one attached hydrogen (secondary N) is 1. The van der Waals surface area contributed by atoms with E-state index in [2.05, 4.69) is 39.9 Å². The average Bonchev–Trinajstić information content (AvgIpc) is 2.05. The van der Waals surface area contributed by atoms with E-state index in [-0.39, 0.29) is 5.60 Å². The predicted octanol–water partition coefficient (Wildman–Crippen LogP) is 2.44. The number of ether oxygens (including phenoxy) is 1. The zero-order chi connectivity index (χ0) is 10.5. The summed E-state index contributed by atoms with van der Waals surface area (Å²) in [5.41, 5.74) is -0.0533. The standard InChI is InChI=1S/C11H25NO/c1-7-10(9(2)3)12-8-11(4,5)13-6/h9-10,12H,7-8H2,1-6H3. The van der Waals surface area contributed by atoms with Crippen molar-refractivity contribution in [3.05, 3.63) is 0 Å². The Morgan fingerprint density at radius 1 is 1.31 bits per heavy atom. The Balaban J connectivity index is 3.85. The maximum absolute atomic E-state index is 5.35. The van der Waals surface area contributed by atoms with E-state index in [1.807, 2.05) is 0 Å². The van der Waals surface area contributed by atoms with Crippen LogP contribution in [0.4, 0.5) is 0 Å². The van der Waals surface area contributed by atoms with Gasteiger partial charge in [-0.1, -0.05) is 20.8 Å². The van der Waals surface area contributed by atoms with Crippen LogP contribution in [0, 0.1) is 5.92 Å². The van der Waals surface area contributed by atoms with E-state index in [0.29, 0.717) is 12.0 Å². The molecule has 2 nitrogen and oxygen atoms in total. The van der Waals surface area contributed by atoms with Gasteiger partial charge in [-0.25, -0.2) is 0 Å². The van der Waals surface area contributed by atoms with Gasteiger partial charge in [0.05, 0.1) is 5.60 Å². The fourth-order valence-corrected chi connectivity index (χ4v) is 1.30. The molecule has 0 spiro atoms. The van der Waals surface area contributed by atoms with E-state index in [9.17, 15) is 0 Å². The summed E-state index contributed by atoms with van der Waals surface area (Å²) < 4.78 is 5.35. The third kappa shape index (κ3) is 5.27. The number of methoxy groups -OCH3 is 1. The van der Waals surface area contributed by atoms with Crippen molar-refractivity contribution < 1.29 is 4.74 Å². The van der Waals surface area contributed by atoms with E-state index >= 15 is 0 Å². The van der Waals surface area contributed by atoms with Gasteiger partial charge in [-0.15, -0.1) is 0 Å². The first-order chi connectivity index (χ1) is 5.93. The molecule has 0 aromatic heterocycles. The van der Waals surface area contributed by atoms with Crippen LogP contribution in [0.2, 0.25) is 0 Å². The Hall–Kier alpha value is -0.0800. The maximum atomic E-state index is 5.35. The molecule has 0 aliphatic rings. The SMILES string of the molecule is CCC(NCC(C)(C)OC)C(C)C. The third-order valence-electron chi connectivity index (χ3n) is 2.59. The van der Waals surface area contributed by atoms with Gasteiger partial charge in [0.1, 0.15) is 0 Å². The van der Waals surface area contributed by atoms with Crippen LogP contribution in [-0.4, -0.2) is 25.3 Å². The molecule has 1 N–H and O–H groups in total. The molecule has 0 saturated carbocycles. The van der Waals surface area contributed by atoms with E-state index in [4.69, 9.17) is 4.74 Å². The Labute approximate surface area is 83.1 Å². The molecule has 0 rings (SSSR count). The Morgan fingerprint density at radius 2 is 1.85 bits per heavy atom. The van der Waals surface area contributed by atoms with Gasteiger partial charge in [-0.3, -0.25) is 0 Å². The molecule has 0 saturated heterocycles. The minimum Gasteiger partial charge on any atom is -0.377 e. The fraction of sp³-hybridized carbons (Fsp3) is 1.00. The molecule has 0 aliphatic carbocycles. The van der Waals surface area contributed by atoms with Crippen molar-refractivity contribution in [2.75, 3.05) is 13.7 Å². The summed E-state index contributed by atoms with van der Waals surface area (Å²) in [5.74, 6) is 0.692. The topological polar surface area (TPSA) is 21.3 Å². The lowest BCUT2D eigenvalue weighted by atomic mass is 10.0. The molecule has 80 valence electrons. The van der Waals surface area contributed by atoms with Crippen molar-refractivity contribution in [1.82, 2.24) is 5.32 Å². The monoisotopic (exact) mass is 187 g/mol. The summed E-state index contributed by atoms with van der Waals surface area (Å²) in [6.07, 6.45) is 1.18. The molecule has 0 radical (unpaired) electrons. The highest BCUT2D eigenvalue weighted by Crippen LogP contribution is 2.09. The van der Waals surface area contributed by atoms with E-state index in [1.165, 1.54) is 6.42 Å². The molecule has 2 heteroatoms. The van der Waals surface area contributed by atoms with Crippen LogP contribution in [0.25, 0.3) is 0 Å². The van der Waals surface area contributed by atoms with E-state index < -0.39 is 0 Å². The maximum Gasteiger partial charge on any atom is 0.0746 e. The lowest BCUT2D eigenvalue weighted by molar-refractivity contribution is 0.0197. The molecular weight excluding hydrogens is 162 g/mol. The minimum atomic E-state index is -0.0533. The Kier molecular flexibility index (Phi) is 5.57. The second kappa shape index (κ2) is 5.61. The van der Waals surface area contributed by atoms with Crippen molar-refractivity contribution in [1.29, 1.82) is 0 Å². The van der Waals surface area contributed by atoms with Gasteiger partial charge in [0.2, 0.25) is 0 Å². The second-order valence-corrected chi connectivity index (χ2v) is 4.60.